The Morgan fingerprint density at radius 3 is 2.38 bits per heavy atom. The van der Waals surface area contributed by atoms with Crippen molar-refractivity contribution in [2.75, 3.05) is 37.7 Å². The van der Waals surface area contributed by atoms with Gasteiger partial charge in [-0.05, 0) is 41.1 Å². The Morgan fingerprint density at radius 1 is 0.853 bits per heavy atom. The van der Waals surface area contributed by atoms with Gasteiger partial charge in [0.05, 0.1) is 5.69 Å². The van der Waals surface area contributed by atoms with Crippen LogP contribution >= 0.6 is 0 Å². The Bertz CT molecular complexity index is 1320. The minimum absolute atomic E-state index is 0.143. The highest BCUT2D eigenvalue weighted by Crippen LogP contribution is 2.24. The number of rotatable bonds is 5. The lowest BCUT2D eigenvalue weighted by Gasteiger charge is -2.35. The van der Waals surface area contributed by atoms with Crippen LogP contribution in [-0.4, -0.2) is 53.8 Å². The van der Waals surface area contributed by atoms with Gasteiger partial charge in [-0.2, -0.15) is 0 Å². The molecule has 5 rings (SSSR count). The highest BCUT2D eigenvalue weighted by molar-refractivity contribution is 5.86. The smallest absolute Gasteiger partial charge is 0.260 e. The number of nitrogens with zero attached hydrogens (tertiary/aromatic N) is 4. The van der Waals surface area contributed by atoms with Crippen molar-refractivity contribution < 1.29 is 18.3 Å². The number of aromatic nitrogens is 2. The quantitative estimate of drug-likeness (QED) is 0.445. The van der Waals surface area contributed by atoms with Gasteiger partial charge in [0.15, 0.2) is 24.0 Å². The standard InChI is InChI=1S/C26H22F2N4O2/c27-21-7-9-24(22(28)16-21)34-17-26(33)32-13-11-31(12-14-32)25-10-8-23(29-30-25)20-6-5-18-3-1-2-4-19(18)15-20/h1-10,15-16H,11-14,17H2. The molecule has 3 aromatic carbocycles. The number of amides is 1. The van der Waals surface area contributed by atoms with Gasteiger partial charge in [-0.1, -0.05) is 36.4 Å². The minimum atomic E-state index is -0.830. The second kappa shape index (κ2) is 9.43. The molecule has 172 valence electrons. The van der Waals surface area contributed by atoms with Crippen LogP contribution in [0, 0.1) is 11.6 Å². The van der Waals surface area contributed by atoms with Crippen molar-refractivity contribution >= 4 is 22.5 Å². The molecule has 34 heavy (non-hydrogen) atoms. The van der Waals surface area contributed by atoms with Crippen molar-refractivity contribution in [1.29, 1.82) is 0 Å². The van der Waals surface area contributed by atoms with Crippen molar-refractivity contribution in [3.63, 3.8) is 0 Å². The number of carbonyl (C=O) groups is 1. The first-order chi connectivity index (χ1) is 16.6. The number of piperazine rings is 1. The lowest BCUT2D eigenvalue weighted by molar-refractivity contribution is -0.133. The van der Waals surface area contributed by atoms with Crippen LogP contribution in [0.25, 0.3) is 22.0 Å². The maximum Gasteiger partial charge on any atom is 0.260 e. The van der Waals surface area contributed by atoms with E-state index in [1.165, 1.54) is 11.5 Å². The molecule has 0 radical (unpaired) electrons. The van der Waals surface area contributed by atoms with E-state index in [1.807, 2.05) is 30.3 Å². The lowest BCUT2D eigenvalue weighted by atomic mass is 10.1. The summed E-state index contributed by atoms with van der Waals surface area (Å²) in [5.41, 5.74) is 1.80. The molecule has 0 aliphatic carbocycles. The molecule has 0 bridgehead atoms. The average molecular weight is 460 g/mol. The maximum absolute atomic E-state index is 13.7. The van der Waals surface area contributed by atoms with Gasteiger partial charge in [0.25, 0.3) is 5.91 Å². The van der Waals surface area contributed by atoms with E-state index in [1.54, 1.807) is 4.90 Å². The summed E-state index contributed by atoms with van der Waals surface area (Å²) in [4.78, 5) is 16.2. The molecular formula is C26H22F2N4O2. The molecule has 1 aliphatic heterocycles. The summed E-state index contributed by atoms with van der Waals surface area (Å²) in [6.07, 6.45) is 0. The summed E-state index contributed by atoms with van der Waals surface area (Å²) in [7, 11) is 0. The maximum atomic E-state index is 13.7. The predicted molar refractivity (Wildman–Crippen MR) is 126 cm³/mol. The van der Waals surface area contributed by atoms with Crippen LogP contribution in [0.2, 0.25) is 0 Å². The number of ether oxygens (including phenoxy) is 1. The summed E-state index contributed by atoms with van der Waals surface area (Å²) in [6.45, 7) is 1.87. The Labute approximate surface area is 195 Å². The number of hydrogen-bond donors (Lipinski definition) is 0. The van der Waals surface area contributed by atoms with Crippen LogP contribution in [0.1, 0.15) is 0 Å². The zero-order valence-electron chi connectivity index (χ0n) is 18.3. The largest absolute Gasteiger partial charge is 0.481 e. The molecule has 0 saturated carbocycles. The number of halogens is 2. The van der Waals surface area contributed by atoms with Crippen LogP contribution in [0.5, 0.6) is 5.75 Å². The first-order valence-electron chi connectivity index (χ1n) is 11.0. The molecule has 1 aliphatic rings. The fourth-order valence-corrected chi connectivity index (χ4v) is 4.00. The van der Waals surface area contributed by atoms with E-state index < -0.39 is 11.6 Å². The second-order valence-electron chi connectivity index (χ2n) is 8.07. The third kappa shape index (κ3) is 4.66. The third-order valence-electron chi connectivity index (χ3n) is 5.90. The molecule has 1 amide bonds. The Morgan fingerprint density at radius 2 is 1.65 bits per heavy atom. The van der Waals surface area contributed by atoms with Gasteiger partial charge in [-0.3, -0.25) is 4.79 Å². The summed E-state index contributed by atoms with van der Waals surface area (Å²) < 4.78 is 31.9. The van der Waals surface area contributed by atoms with E-state index in [2.05, 4.69) is 39.4 Å². The van der Waals surface area contributed by atoms with Crippen molar-refractivity contribution in [3.05, 3.63) is 84.4 Å². The van der Waals surface area contributed by atoms with Gasteiger partial charge in [-0.15, -0.1) is 10.2 Å². The molecular weight excluding hydrogens is 438 g/mol. The molecule has 2 heterocycles. The van der Waals surface area contributed by atoms with E-state index in [4.69, 9.17) is 4.74 Å². The summed E-state index contributed by atoms with van der Waals surface area (Å²) in [5.74, 6) is -1.17. The van der Waals surface area contributed by atoms with Gasteiger partial charge < -0.3 is 14.5 Å². The second-order valence-corrected chi connectivity index (χ2v) is 8.07. The molecule has 4 aromatic rings. The number of hydrogen-bond acceptors (Lipinski definition) is 5. The predicted octanol–water partition coefficient (Wildman–Crippen LogP) is 4.30. The Kier molecular flexibility index (Phi) is 6.03. The van der Waals surface area contributed by atoms with E-state index in [9.17, 15) is 13.6 Å². The number of anilines is 1. The average Bonchev–Trinajstić information content (AvgIpc) is 2.88. The van der Waals surface area contributed by atoms with Gasteiger partial charge >= 0.3 is 0 Å². The van der Waals surface area contributed by atoms with Gasteiger partial charge in [-0.25, -0.2) is 8.78 Å². The normalized spacial score (nSPS) is 13.8. The van der Waals surface area contributed by atoms with Crippen molar-refractivity contribution in [2.45, 2.75) is 0 Å². The summed E-state index contributed by atoms with van der Waals surface area (Å²) in [5, 5.41) is 11.1. The summed E-state index contributed by atoms with van der Waals surface area (Å²) in [6, 6.07) is 21.3. The highest BCUT2D eigenvalue weighted by atomic mass is 19.1. The highest BCUT2D eigenvalue weighted by Gasteiger charge is 2.23. The first kappa shape index (κ1) is 21.8. The molecule has 1 aromatic heterocycles. The van der Waals surface area contributed by atoms with Crippen molar-refractivity contribution in [2.24, 2.45) is 0 Å². The van der Waals surface area contributed by atoms with E-state index in [0.29, 0.717) is 26.2 Å². The fraction of sp³-hybridized carbons (Fsp3) is 0.192. The van der Waals surface area contributed by atoms with Crippen LogP contribution in [-0.2, 0) is 4.79 Å². The molecule has 0 atom stereocenters. The van der Waals surface area contributed by atoms with Crippen LogP contribution < -0.4 is 9.64 Å². The molecule has 0 N–H and O–H groups in total. The van der Waals surface area contributed by atoms with Gasteiger partial charge in [0.2, 0.25) is 0 Å². The molecule has 1 saturated heterocycles. The third-order valence-corrected chi connectivity index (χ3v) is 5.90. The fourth-order valence-electron chi connectivity index (χ4n) is 4.00. The lowest BCUT2D eigenvalue weighted by Crippen LogP contribution is -2.50. The topological polar surface area (TPSA) is 58.6 Å². The molecule has 0 unspecified atom stereocenters. The van der Waals surface area contributed by atoms with Crippen LogP contribution in [0.3, 0.4) is 0 Å². The van der Waals surface area contributed by atoms with E-state index in [-0.39, 0.29) is 18.3 Å². The van der Waals surface area contributed by atoms with Crippen LogP contribution in [0.4, 0.5) is 14.6 Å². The molecule has 1 fully saturated rings. The Hall–Kier alpha value is -4.07. The zero-order valence-corrected chi connectivity index (χ0v) is 18.3. The first-order valence-corrected chi connectivity index (χ1v) is 11.0. The minimum Gasteiger partial charge on any atom is -0.481 e. The van der Waals surface area contributed by atoms with E-state index >= 15 is 0 Å². The molecule has 6 nitrogen and oxygen atoms in total. The van der Waals surface area contributed by atoms with Gasteiger partial charge in [0, 0.05) is 37.8 Å². The molecule has 8 heteroatoms. The van der Waals surface area contributed by atoms with Gasteiger partial charge in [0.1, 0.15) is 5.82 Å². The monoisotopic (exact) mass is 460 g/mol. The van der Waals surface area contributed by atoms with E-state index in [0.717, 1.165) is 34.6 Å². The Balaban J connectivity index is 1.17. The zero-order chi connectivity index (χ0) is 23.5. The SMILES string of the molecule is O=C(COc1ccc(F)cc1F)N1CCN(c2ccc(-c3ccc4ccccc4c3)nn2)CC1. The number of carbonyl (C=O) groups excluding carboxylic acids is 1. The van der Waals surface area contributed by atoms with Crippen LogP contribution in [0.15, 0.2) is 72.8 Å². The summed E-state index contributed by atoms with van der Waals surface area (Å²) >= 11 is 0. The molecule has 0 spiro atoms. The van der Waals surface area contributed by atoms with Crippen molar-refractivity contribution in [1.82, 2.24) is 15.1 Å². The van der Waals surface area contributed by atoms with Crippen molar-refractivity contribution in [3.8, 4) is 17.0 Å². The number of benzene rings is 3. The number of fused-ring (bicyclic) bond motifs is 1.